The Kier molecular flexibility index (Phi) is 7.72. The third kappa shape index (κ3) is 5.38. The second-order valence-electron chi connectivity index (χ2n) is 8.44. The Bertz CT molecular complexity index is 779. The van der Waals surface area contributed by atoms with Gasteiger partial charge in [0, 0.05) is 51.9 Å². The fourth-order valence-corrected chi connectivity index (χ4v) is 6.96. The highest BCUT2D eigenvalue weighted by atomic mass is 32.2. The molecule has 0 spiro atoms. The number of piperazine rings is 1. The van der Waals surface area contributed by atoms with Crippen LogP contribution in [0.25, 0.3) is 0 Å². The third-order valence-corrected chi connectivity index (χ3v) is 9.00. The van der Waals surface area contributed by atoms with Gasteiger partial charge >= 0.3 is 0 Å². The predicted molar refractivity (Wildman–Crippen MR) is 117 cm³/mol. The van der Waals surface area contributed by atoms with Gasteiger partial charge in [-0.05, 0) is 37.3 Å². The molecule has 7 nitrogen and oxygen atoms in total. The molecule has 0 radical (unpaired) electrons. The first-order valence-corrected chi connectivity index (χ1v) is 12.9. The van der Waals surface area contributed by atoms with Crippen molar-refractivity contribution in [2.24, 2.45) is 5.92 Å². The number of hydrogen-bond acceptors (Lipinski definition) is 6. The van der Waals surface area contributed by atoms with E-state index < -0.39 is 10.0 Å². The van der Waals surface area contributed by atoms with E-state index >= 15 is 0 Å². The van der Waals surface area contributed by atoms with Crippen LogP contribution in [0.15, 0.2) is 16.3 Å². The second kappa shape index (κ2) is 9.87. The van der Waals surface area contributed by atoms with E-state index in [4.69, 9.17) is 0 Å². The summed E-state index contributed by atoms with van der Waals surface area (Å²) >= 11 is 1.21. The molecule has 3 rings (SSSR count). The minimum atomic E-state index is -3.61. The van der Waals surface area contributed by atoms with Crippen molar-refractivity contribution in [3.05, 3.63) is 16.3 Å². The third-order valence-electron chi connectivity index (χ3n) is 6.02. The molecular formula is C20H34N4O3S2. The molecule has 0 saturated carbocycles. The molecule has 1 amide bonds. The zero-order valence-electron chi connectivity index (χ0n) is 17.8. The molecule has 1 aromatic heterocycles. The Balaban J connectivity index is 1.67. The van der Waals surface area contributed by atoms with Crippen molar-refractivity contribution >= 4 is 27.3 Å². The van der Waals surface area contributed by atoms with Gasteiger partial charge in [-0.3, -0.25) is 9.69 Å². The molecule has 1 unspecified atom stereocenters. The average molecular weight is 443 g/mol. The first-order chi connectivity index (χ1) is 13.8. The van der Waals surface area contributed by atoms with E-state index in [1.807, 2.05) is 0 Å². The minimum absolute atomic E-state index is 0.155. The summed E-state index contributed by atoms with van der Waals surface area (Å²) in [4.78, 5) is 18.1. The normalized spacial score (nSPS) is 21.4. The topological polar surface area (TPSA) is 73.0 Å². The Morgan fingerprint density at radius 1 is 1.10 bits per heavy atom. The quantitative estimate of drug-likeness (QED) is 0.699. The highest BCUT2D eigenvalue weighted by Gasteiger charge is 2.32. The smallest absolute Gasteiger partial charge is 0.262 e. The molecule has 164 valence electrons. The standard InChI is InChI=1S/C20H34N4O3S2/c1-16(2)17(23-12-10-22(3)11-13-23)15-21-20(25)19-18(7-14-28-19)29(26,27)24-8-5-4-6-9-24/h7,14,16-17H,4-6,8-13,15H2,1-3H3,(H,21,25). The number of likely N-dealkylation sites (N-methyl/N-ethyl adjacent to an activating group) is 1. The van der Waals surface area contributed by atoms with Gasteiger partial charge in [-0.15, -0.1) is 11.3 Å². The number of rotatable bonds is 7. The van der Waals surface area contributed by atoms with Crippen LogP contribution in [0.4, 0.5) is 0 Å². The van der Waals surface area contributed by atoms with Crippen LogP contribution < -0.4 is 5.32 Å². The van der Waals surface area contributed by atoms with Gasteiger partial charge in [-0.2, -0.15) is 4.31 Å². The maximum absolute atomic E-state index is 13.0. The molecule has 2 fully saturated rings. The van der Waals surface area contributed by atoms with Gasteiger partial charge in [-0.25, -0.2) is 8.42 Å². The monoisotopic (exact) mass is 442 g/mol. The lowest BCUT2D eigenvalue weighted by atomic mass is 10.0. The molecular weight excluding hydrogens is 408 g/mol. The van der Waals surface area contributed by atoms with Crippen molar-refractivity contribution in [3.8, 4) is 0 Å². The number of nitrogens with one attached hydrogen (secondary N) is 1. The van der Waals surface area contributed by atoms with E-state index in [0.717, 1.165) is 45.4 Å². The summed E-state index contributed by atoms with van der Waals surface area (Å²) < 4.78 is 27.6. The lowest BCUT2D eigenvalue weighted by Crippen LogP contribution is -2.54. The van der Waals surface area contributed by atoms with Crippen molar-refractivity contribution in [2.75, 3.05) is 52.9 Å². The van der Waals surface area contributed by atoms with Crippen molar-refractivity contribution < 1.29 is 13.2 Å². The summed E-state index contributed by atoms with van der Waals surface area (Å²) in [5.74, 6) is 0.119. The van der Waals surface area contributed by atoms with Crippen LogP contribution in [-0.4, -0.2) is 87.3 Å². The van der Waals surface area contributed by atoms with E-state index in [-0.39, 0.29) is 16.8 Å². The van der Waals surface area contributed by atoms with Crippen molar-refractivity contribution in [2.45, 2.75) is 44.0 Å². The Morgan fingerprint density at radius 3 is 2.38 bits per heavy atom. The summed E-state index contributed by atoms with van der Waals surface area (Å²) in [5, 5.41) is 4.72. The molecule has 2 aliphatic heterocycles. The molecule has 9 heteroatoms. The number of thiophene rings is 1. The number of carbonyl (C=O) groups is 1. The molecule has 29 heavy (non-hydrogen) atoms. The van der Waals surface area contributed by atoms with Crippen LogP contribution in [-0.2, 0) is 10.0 Å². The van der Waals surface area contributed by atoms with Crippen LogP contribution in [0.3, 0.4) is 0 Å². The number of nitrogens with zero attached hydrogens (tertiary/aromatic N) is 3. The number of piperidine rings is 1. The molecule has 2 aliphatic rings. The molecule has 0 aromatic carbocycles. The Morgan fingerprint density at radius 2 is 1.76 bits per heavy atom. The second-order valence-corrected chi connectivity index (χ2v) is 11.3. The number of sulfonamides is 1. The number of hydrogen-bond donors (Lipinski definition) is 1. The summed E-state index contributed by atoms with van der Waals surface area (Å²) in [6, 6.07) is 1.82. The van der Waals surface area contributed by atoms with E-state index in [9.17, 15) is 13.2 Å². The summed E-state index contributed by atoms with van der Waals surface area (Å²) in [5.41, 5.74) is 0. The zero-order valence-corrected chi connectivity index (χ0v) is 19.4. The van der Waals surface area contributed by atoms with Gasteiger partial charge < -0.3 is 10.2 Å². The minimum Gasteiger partial charge on any atom is -0.350 e. The van der Waals surface area contributed by atoms with Crippen molar-refractivity contribution in [1.82, 2.24) is 19.4 Å². The zero-order chi connectivity index (χ0) is 21.0. The van der Waals surface area contributed by atoms with Gasteiger partial charge in [0.1, 0.15) is 9.77 Å². The first kappa shape index (κ1) is 22.7. The van der Waals surface area contributed by atoms with Crippen LogP contribution in [0.5, 0.6) is 0 Å². The van der Waals surface area contributed by atoms with Gasteiger partial charge in [-0.1, -0.05) is 20.3 Å². The average Bonchev–Trinajstić information content (AvgIpc) is 3.21. The summed E-state index contributed by atoms with van der Waals surface area (Å²) in [6.45, 7) is 9.99. The first-order valence-electron chi connectivity index (χ1n) is 10.6. The van der Waals surface area contributed by atoms with Gasteiger partial charge in [0.25, 0.3) is 5.91 Å². The van der Waals surface area contributed by atoms with Crippen molar-refractivity contribution in [3.63, 3.8) is 0 Å². The van der Waals surface area contributed by atoms with Crippen LogP contribution in [0, 0.1) is 5.92 Å². The lowest BCUT2D eigenvalue weighted by Gasteiger charge is -2.39. The molecule has 3 heterocycles. The molecule has 2 saturated heterocycles. The van der Waals surface area contributed by atoms with E-state index in [2.05, 4.69) is 36.0 Å². The highest BCUT2D eigenvalue weighted by Crippen LogP contribution is 2.27. The van der Waals surface area contributed by atoms with Crippen molar-refractivity contribution in [1.29, 1.82) is 0 Å². The molecule has 0 aliphatic carbocycles. The van der Waals surface area contributed by atoms with E-state index in [1.165, 1.54) is 15.6 Å². The Labute approximate surface area is 179 Å². The van der Waals surface area contributed by atoms with E-state index in [1.54, 1.807) is 11.4 Å². The van der Waals surface area contributed by atoms with Gasteiger partial charge in [0.15, 0.2) is 0 Å². The Hall–Kier alpha value is -1.00. The van der Waals surface area contributed by atoms with Crippen LogP contribution in [0.2, 0.25) is 0 Å². The molecule has 0 bridgehead atoms. The maximum Gasteiger partial charge on any atom is 0.262 e. The van der Waals surface area contributed by atoms with Gasteiger partial charge in [0.2, 0.25) is 10.0 Å². The fourth-order valence-electron chi connectivity index (χ4n) is 4.13. The number of amides is 1. The van der Waals surface area contributed by atoms with Crippen LogP contribution >= 0.6 is 11.3 Å². The summed E-state index contributed by atoms with van der Waals surface area (Å²) in [6.07, 6.45) is 2.82. The summed E-state index contributed by atoms with van der Waals surface area (Å²) in [7, 11) is -1.48. The van der Waals surface area contributed by atoms with Gasteiger partial charge in [0.05, 0.1) is 0 Å². The lowest BCUT2D eigenvalue weighted by molar-refractivity contribution is 0.0791. The number of carbonyl (C=O) groups excluding carboxylic acids is 1. The molecule has 1 aromatic rings. The van der Waals surface area contributed by atoms with Crippen LogP contribution in [0.1, 0.15) is 42.8 Å². The highest BCUT2D eigenvalue weighted by molar-refractivity contribution is 7.89. The fraction of sp³-hybridized carbons (Fsp3) is 0.750. The van der Waals surface area contributed by atoms with E-state index in [0.29, 0.717) is 30.4 Å². The predicted octanol–water partition coefficient (Wildman–Crippen LogP) is 1.92. The molecule has 1 N–H and O–H groups in total. The largest absolute Gasteiger partial charge is 0.350 e. The maximum atomic E-state index is 13.0. The molecule has 1 atom stereocenters. The SMILES string of the molecule is CC(C)C(CNC(=O)c1sccc1S(=O)(=O)N1CCCCC1)N1CCN(C)CC1.